The van der Waals surface area contributed by atoms with Crippen LogP contribution in [0.1, 0.15) is 47.1 Å². The smallest absolute Gasteiger partial charge is 0.352 e. The monoisotopic (exact) mass is 291 g/mol. The minimum Gasteiger partial charge on any atom is -0.477 e. The number of hydrogen-bond donors (Lipinski definition) is 1. The average Bonchev–Trinajstić information content (AvgIpc) is 2.80. The van der Waals surface area contributed by atoms with Crippen molar-refractivity contribution in [2.75, 3.05) is 0 Å². The first-order chi connectivity index (χ1) is 9.63. The van der Waals surface area contributed by atoms with Crippen LogP contribution in [0.25, 0.3) is 10.1 Å². The molecule has 1 aliphatic rings. The van der Waals surface area contributed by atoms with Crippen LogP contribution in [-0.2, 0) is 19.4 Å². The highest BCUT2D eigenvalue weighted by molar-refractivity contribution is 7.19. The summed E-state index contributed by atoms with van der Waals surface area (Å²) in [6.45, 7) is 2.41. The Hall–Kier alpha value is -1.62. The molecular weight excluding hydrogens is 274 g/mol. The number of fused-ring (bicyclic) bond motifs is 3. The fourth-order valence-corrected chi connectivity index (χ4v) is 4.31. The molecule has 1 N–H and O–H groups in total. The fraction of sp³-hybridized carbons (Fsp3) is 0.467. The normalized spacial score (nSPS) is 14.4. The second-order valence-corrected chi connectivity index (χ2v) is 6.38. The quantitative estimate of drug-likeness (QED) is 0.945. The number of aromatic carboxylic acids is 1. The third-order valence-corrected chi connectivity index (χ3v) is 5.12. The van der Waals surface area contributed by atoms with Gasteiger partial charge >= 0.3 is 5.97 Å². The minimum atomic E-state index is -1.02. The van der Waals surface area contributed by atoms with Crippen LogP contribution in [0.4, 0.5) is 0 Å². The Kier molecular flexibility index (Phi) is 3.38. The molecule has 0 saturated carbocycles. The van der Waals surface area contributed by atoms with Crippen molar-refractivity contribution in [1.82, 2.24) is 4.57 Å². The van der Waals surface area contributed by atoms with Crippen molar-refractivity contribution in [2.24, 2.45) is 0 Å². The largest absolute Gasteiger partial charge is 0.477 e. The van der Waals surface area contributed by atoms with E-state index in [1.165, 1.54) is 15.0 Å². The number of carboxylic acids is 1. The fourth-order valence-electron chi connectivity index (χ4n) is 2.99. The Bertz CT molecular complexity index is 742. The van der Waals surface area contributed by atoms with Crippen LogP contribution >= 0.6 is 11.3 Å². The van der Waals surface area contributed by atoms with E-state index in [2.05, 4.69) is 0 Å². The van der Waals surface area contributed by atoms with Crippen LogP contribution in [0.3, 0.4) is 0 Å². The third-order valence-electron chi connectivity index (χ3n) is 3.88. The molecular formula is C15H17NO3S. The molecule has 2 aromatic heterocycles. The van der Waals surface area contributed by atoms with E-state index in [1.54, 1.807) is 17.4 Å². The van der Waals surface area contributed by atoms with Crippen LogP contribution < -0.4 is 5.56 Å². The lowest BCUT2D eigenvalue weighted by Crippen LogP contribution is -2.26. The van der Waals surface area contributed by atoms with Crippen LogP contribution in [0, 0.1) is 0 Å². The molecule has 20 heavy (non-hydrogen) atoms. The molecule has 0 radical (unpaired) electrons. The standard InChI is InChI=1S/C15H17NO3S/c1-2-7-16-10(15(18)19)8-12-13(14(16)17)9-5-3-4-6-11(9)20-12/h8H,2-7H2,1H3,(H,18,19). The highest BCUT2D eigenvalue weighted by Crippen LogP contribution is 2.35. The van der Waals surface area contributed by atoms with Gasteiger partial charge in [0.25, 0.3) is 5.56 Å². The molecule has 0 spiro atoms. The first-order valence-corrected chi connectivity index (χ1v) is 7.86. The highest BCUT2D eigenvalue weighted by atomic mass is 32.1. The molecule has 0 bridgehead atoms. The predicted octanol–water partition coefficient (Wildman–Crippen LogP) is 3.05. The highest BCUT2D eigenvalue weighted by Gasteiger charge is 2.22. The molecule has 4 nitrogen and oxygen atoms in total. The molecule has 106 valence electrons. The van der Waals surface area contributed by atoms with Gasteiger partial charge in [-0.1, -0.05) is 6.92 Å². The van der Waals surface area contributed by atoms with E-state index in [0.29, 0.717) is 6.54 Å². The van der Waals surface area contributed by atoms with Crippen molar-refractivity contribution in [3.63, 3.8) is 0 Å². The Morgan fingerprint density at radius 1 is 1.40 bits per heavy atom. The van der Waals surface area contributed by atoms with Crippen LogP contribution in [0.5, 0.6) is 0 Å². The number of carboxylic acid groups (broad SMARTS) is 1. The van der Waals surface area contributed by atoms with Gasteiger partial charge in [-0.25, -0.2) is 4.79 Å². The summed E-state index contributed by atoms with van der Waals surface area (Å²) in [6.07, 6.45) is 4.99. The van der Waals surface area contributed by atoms with Gasteiger partial charge in [-0.3, -0.25) is 4.79 Å². The Morgan fingerprint density at radius 3 is 2.85 bits per heavy atom. The lowest BCUT2D eigenvalue weighted by Gasteiger charge is -2.12. The van der Waals surface area contributed by atoms with Crippen molar-refractivity contribution in [2.45, 2.75) is 45.6 Å². The molecule has 0 unspecified atom stereocenters. The summed E-state index contributed by atoms with van der Waals surface area (Å²) >= 11 is 1.60. The summed E-state index contributed by atoms with van der Waals surface area (Å²) in [5.74, 6) is -1.02. The molecule has 0 aliphatic heterocycles. The van der Waals surface area contributed by atoms with Gasteiger partial charge in [0, 0.05) is 16.1 Å². The summed E-state index contributed by atoms with van der Waals surface area (Å²) in [5, 5.41) is 10.1. The molecule has 0 atom stereocenters. The van der Waals surface area contributed by atoms with Gasteiger partial charge in [0.05, 0.1) is 5.39 Å². The van der Waals surface area contributed by atoms with Crippen molar-refractivity contribution in [3.8, 4) is 0 Å². The Labute approximate surface area is 120 Å². The topological polar surface area (TPSA) is 59.3 Å². The third kappa shape index (κ3) is 1.97. The van der Waals surface area contributed by atoms with Gasteiger partial charge in [-0.15, -0.1) is 11.3 Å². The lowest BCUT2D eigenvalue weighted by atomic mass is 9.96. The Morgan fingerprint density at radius 2 is 2.15 bits per heavy atom. The maximum atomic E-state index is 12.7. The van der Waals surface area contributed by atoms with E-state index in [9.17, 15) is 14.7 Å². The summed E-state index contributed by atoms with van der Waals surface area (Å²) in [5.41, 5.74) is 1.16. The number of carbonyl (C=O) groups is 1. The van der Waals surface area contributed by atoms with Gasteiger partial charge in [-0.05, 0) is 43.7 Å². The molecule has 0 aromatic carbocycles. The van der Waals surface area contributed by atoms with Crippen molar-refractivity contribution >= 4 is 27.4 Å². The van der Waals surface area contributed by atoms with Gasteiger partial charge in [0.2, 0.25) is 0 Å². The van der Waals surface area contributed by atoms with Gasteiger partial charge in [0.1, 0.15) is 5.69 Å². The Balaban J connectivity index is 2.35. The van der Waals surface area contributed by atoms with Crippen LogP contribution in [-0.4, -0.2) is 15.6 Å². The zero-order valence-corrected chi connectivity index (χ0v) is 12.3. The number of aromatic nitrogens is 1. The molecule has 0 fully saturated rings. The summed E-state index contributed by atoms with van der Waals surface area (Å²) in [6, 6.07) is 1.68. The van der Waals surface area contributed by atoms with Crippen molar-refractivity contribution in [3.05, 3.63) is 32.6 Å². The van der Waals surface area contributed by atoms with Crippen molar-refractivity contribution in [1.29, 1.82) is 0 Å². The van der Waals surface area contributed by atoms with E-state index in [1.807, 2.05) is 6.92 Å². The van der Waals surface area contributed by atoms with E-state index in [0.717, 1.165) is 42.2 Å². The van der Waals surface area contributed by atoms with Gasteiger partial charge < -0.3 is 9.67 Å². The van der Waals surface area contributed by atoms with Gasteiger partial charge in [0.15, 0.2) is 0 Å². The number of aryl methyl sites for hydroxylation is 2. The summed E-state index contributed by atoms with van der Waals surface area (Å²) < 4.78 is 2.26. The van der Waals surface area contributed by atoms with Crippen LogP contribution in [0.15, 0.2) is 10.9 Å². The number of pyridine rings is 1. The second kappa shape index (κ2) is 5.05. The molecule has 2 heterocycles. The molecule has 5 heteroatoms. The molecule has 0 saturated heterocycles. The van der Waals surface area contributed by atoms with E-state index in [-0.39, 0.29) is 11.3 Å². The SMILES string of the molecule is CCCn1c(C(=O)O)cc2sc3c(c2c1=O)CCCC3. The average molecular weight is 291 g/mol. The zero-order valence-electron chi connectivity index (χ0n) is 11.4. The first-order valence-electron chi connectivity index (χ1n) is 7.05. The molecule has 2 aromatic rings. The second-order valence-electron chi connectivity index (χ2n) is 5.24. The zero-order chi connectivity index (χ0) is 14.3. The molecule has 1 aliphatic carbocycles. The lowest BCUT2D eigenvalue weighted by molar-refractivity contribution is 0.0683. The first kappa shape index (κ1) is 13.4. The number of rotatable bonds is 3. The van der Waals surface area contributed by atoms with Gasteiger partial charge in [-0.2, -0.15) is 0 Å². The number of nitrogens with zero attached hydrogens (tertiary/aromatic N) is 1. The molecule has 3 rings (SSSR count). The van der Waals surface area contributed by atoms with E-state index >= 15 is 0 Å². The maximum Gasteiger partial charge on any atom is 0.352 e. The van der Waals surface area contributed by atoms with Crippen molar-refractivity contribution < 1.29 is 9.90 Å². The summed E-state index contributed by atoms with van der Waals surface area (Å²) in [7, 11) is 0. The number of thiophene rings is 1. The van der Waals surface area contributed by atoms with E-state index < -0.39 is 5.97 Å². The number of hydrogen-bond acceptors (Lipinski definition) is 3. The molecule has 0 amide bonds. The summed E-state index contributed by atoms with van der Waals surface area (Å²) in [4.78, 5) is 25.3. The van der Waals surface area contributed by atoms with E-state index in [4.69, 9.17) is 0 Å². The minimum absolute atomic E-state index is 0.114. The maximum absolute atomic E-state index is 12.7. The predicted molar refractivity (Wildman–Crippen MR) is 80.0 cm³/mol. The van der Waals surface area contributed by atoms with Crippen LogP contribution in [0.2, 0.25) is 0 Å².